The number of hydrogen-bond donors (Lipinski definition) is 1. The molecule has 3 aromatic rings. The fourth-order valence-electron chi connectivity index (χ4n) is 3.43. The molecule has 2 amide bonds. The molecular formula is C23H26N4O3S. The Bertz CT molecular complexity index is 971. The first kappa shape index (κ1) is 21.1. The number of hydrogen-bond acceptors (Lipinski definition) is 6. The maximum Gasteiger partial charge on any atom is 0.321 e. The van der Waals surface area contributed by atoms with Gasteiger partial charge in [0.25, 0.3) is 0 Å². The van der Waals surface area contributed by atoms with Crippen LogP contribution in [0.2, 0.25) is 0 Å². The van der Waals surface area contributed by atoms with Crippen LogP contribution in [0.15, 0.2) is 59.4 Å². The number of anilines is 1. The van der Waals surface area contributed by atoms with E-state index in [1.165, 1.54) is 5.56 Å². The molecule has 1 aromatic heterocycles. The largest absolute Gasteiger partial charge is 0.497 e. The zero-order valence-corrected chi connectivity index (χ0v) is 18.3. The topological polar surface area (TPSA) is 66.9 Å². The molecule has 2 aromatic carbocycles. The van der Waals surface area contributed by atoms with Gasteiger partial charge >= 0.3 is 6.03 Å². The van der Waals surface area contributed by atoms with Crippen LogP contribution in [0.4, 0.5) is 10.5 Å². The van der Waals surface area contributed by atoms with Crippen LogP contribution in [0.3, 0.4) is 0 Å². The van der Waals surface area contributed by atoms with Gasteiger partial charge in [-0.1, -0.05) is 18.2 Å². The molecule has 31 heavy (non-hydrogen) atoms. The molecule has 4 rings (SSSR count). The summed E-state index contributed by atoms with van der Waals surface area (Å²) in [5.74, 6) is 1.57. The third kappa shape index (κ3) is 5.96. The molecule has 7 nitrogen and oxygen atoms in total. The van der Waals surface area contributed by atoms with E-state index in [0.717, 1.165) is 36.8 Å². The van der Waals surface area contributed by atoms with Crippen molar-refractivity contribution in [2.45, 2.75) is 13.2 Å². The summed E-state index contributed by atoms with van der Waals surface area (Å²) in [6, 6.07) is 15.5. The number of methoxy groups -OCH3 is 1. The lowest BCUT2D eigenvalue weighted by molar-refractivity contribution is 0.143. The molecule has 0 saturated carbocycles. The quantitative estimate of drug-likeness (QED) is 0.602. The van der Waals surface area contributed by atoms with Gasteiger partial charge in [-0.25, -0.2) is 9.78 Å². The molecule has 2 heterocycles. The lowest BCUT2D eigenvalue weighted by Crippen LogP contribution is -2.49. The van der Waals surface area contributed by atoms with Gasteiger partial charge in [0.2, 0.25) is 0 Å². The number of piperazine rings is 1. The molecule has 1 saturated heterocycles. The van der Waals surface area contributed by atoms with Crippen molar-refractivity contribution in [1.82, 2.24) is 14.8 Å². The van der Waals surface area contributed by atoms with Gasteiger partial charge in [-0.15, -0.1) is 11.3 Å². The van der Waals surface area contributed by atoms with Crippen molar-refractivity contribution in [3.63, 3.8) is 0 Å². The number of carbonyl (C=O) groups excluding carboxylic acids is 1. The Labute approximate surface area is 186 Å². The van der Waals surface area contributed by atoms with Crippen molar-refractivity contribution in [3.05, 3.63) is 70.7 Å². The molecule has 162 valence electrons. The third-order valence-corrected chi connectivity index (χ3v) is 5.82. The van der Waals surface area contributed by atoms with Gasteiger partial charge < -0.3 is 19.7 Å². The van der Waals surface area contributed by atoms with Crippen LogP contribution in [0, 0.1) is 0 Å². The number of aromatic nitrogens is 1. The van der Waals surface area contributed by atoms with Crippen LogP contribution in [0.1, 0.15) is 11.3 Å². The Morgan fingerprint density at radius 3 is 2.61 bits per heavy atom. The van der Waals surface area contributed by atoms with Crippen molar-refractivity contribution in [2.75, 3.05) is 38.6 Å². The molecule has 0 atom stereocenters. The van der Waals surface area contributed by atoms with E-state index in [0.29, 0.717) is 25.4 Å². The predicted molar refractivity (Wildman–Crippen MR) is 122 cm³/mol. The minimum Gasteiger partial charge on any atom is -0.497 e. The number of rotatable bonds is 7. The summed E-state index contributed by atoms with van der Waals surface area (Å²) >= 11 is 1.54. The minimum atomic E-state index is -0.0826. The second-order valence-electron chi connectivity index (χ2n) is 7.34. The molecule has 1 N–H and O–H groups in total. The molecule has 1 aliphatic heterocycles. The standard InChI is InChI=1S/C23H26N4O3S/c1-29-21-7-5-18(6-8-21)14-26-9-11-27(12-10-26)23(28)25-19-3-2-4-22(13-19)30-15-20-16-31-17-24-20/h2-8,13,16-17H,9-12,14-15H2,1H3,(H,25,28). The molecule has 1 fully saturated rings. The first-order valence-electron chi connectivity index (χ1n) is 10.2. The van der Waals surface area contributed by atoms with E-state index in [1.807, 2.05) is 46.7 Å². The molecule has 0 aliphatic carbocycles. The fraction of sp³-hybridized carbons (Fsp3) is 0.304. The van der Waals surface area contributed by atoms with Crippen LogP contribution in [-0.2, 0) is 13.2 Å². The van der Waals surface area contributed by atoms with Crippen LogP contribution >= 0.6 is 11.3 Å². The summed E-state index contributed by atoms with van der Waals surface area (Å²) in [4.78, 5) is 21.1. The Balaban J connectivity index is 1.24. The number of ether oxygens (including phenoxy) is 2. The summed E-state index contributed by atoms with van der Waals surface area (Å²) in [7, 11) is 1.67. The van der Waals surface area contributed by atoms with Crippen molar-refractivity contribution >= 4 is 23.1 Å². The Kier molecular flexibility index (Phi) is 7.01. The van der Waals surface area contributed by atoms with Gasteiger partial charge in [0.05, 0.1) is 18.3 Å². The lowest BCUT2D eigenvalue weighted by Gasteiger charge is -2.34. The van der Waals surface area contributed by atoms with Crippen LogP contribution in [-0.4, -0.2) is 54.1 Å². The molecule has 0 spiro atoms. The smallest absolute Gasteiger partial charge is 0.321 e. The average Bonchev–Trinajstić information content (AvgIpc) is 3.33. The van der Waals surface area contributed by atoms with Crippen LogP contribution < -0.4 is 14.8 Å². The Hall–Kier alpha value is -3.10. The number of benzene rings is 2. The summed E-state index contributed by atoms with van der Waals surface area (Å²) < 4.78 is 11.0. The van der Waals surface area contributed by atoms with Crippen molar-refractivity contribution in [2.24, 2.45) is 0 Å². The van der Waals surface area contributed by atoms with Gasteiger partial charge in [0.1, 0.15) is 18.1 Å². The zero-order chi connectivity index (χ0) is 21.5. The summed E-state index contributed by atoms with van der Waals surface area (Å²) in [6.07, 6.45) is 0. The highest BCUT2D eigenvalue weighted by molar-refractivity contribution is 7.07. The second kappa shape index (κ2) is 10.3. The summed E-state index contributed by atoms with van der Waals surface area (Å²) in [5, 5.41) is 4.94. The van der Waals surface area contributed by atoms with Gasteiger partial charge in [-0.3, -0.25) is 4.90 Å². The first-order valence-corrected chi connectivity index (χ1v) is 11.1. The molecular weight excluding hydrogens is 412 g/mol. The summed E-state index contributed by atoms with van der Waals surface area (Å²) in [6.45, 7) is 4.37. The normalized spacial score (nSPS) is 14.3. The molecule has 8 heteroatoms. The van der Waals surface area contributed by atoms with E-state index in [9.17, 15) is 4.79 Å². The third-order valence-electron chi connectivity index (χ3n) is 5.18. The van der Waals surface area contributed by atoms with E-state index in [4.69, 9.17) is 9.47 Å². The number of nitrogens with zero attached hydrogens (tertiary/aromatic N) is 3. The number of thiazole rings is 1. The zero-order valence-electron chi connectivity index (χ0n) is 17.5. The van der Waals surface area contributed by atoms with Crippen LogP contribution in [0.5, 0.6) is 11.5 Å². The molecule has 0 radical (unpaired) electrons. The number of nitrogens with one attached hydrogen (secondary N) is 1. The molecule has 0 unspecified atom stereocenters. The maximum atomic E-state index is 12.7. The highest BCUT2D eigenvalue weighted by Crippen LogP contribution is 2.20. The number of urea groups is 1. The second-order valence-corrected chi connectivity index (χ2v) is 8.06. The summed E-state index contributed by atoms with van der Waals surface area (Å²) in [5.41, 5.74) is 4.65. The Morgan fingerprint density at radius 1 is 1.10 bits per heavy atom. The van der Waals surface area contributed by atoms with E-state index < -0.39 is 0 Å². The van der Waals surface area contributed by atoms with Crippen molar-refractivity contribution in [3.8, 4) is 11.5 Å². The predicted octanol–water partition coefficient (Wildman–Crippen LogP) is 4.08. The van der Waals surface area contributed by atoms with Crippen molar-refractivity contribution in [1.29, 1.82) is 0 Å². The van der Waals surface area contributed by atoms with Gasteiger partial charge in [0, 0.05) is 49.9 Å². The van der Waals surface area contributed by atoms with E-state index in [1.54, 1.807) is 24.0 Å². The monoisotopic (exact) mass is 438 g/mol. The highest BCUT2D eigenvalue weighted by atomic mass is 32.1. The van der Waals surface area contributed by atoms with Gasteiger partial charge in [-0.05, 0) is 29.8 Å². The first-order chi connectivity index (χ1) is 15.2. The van der Waals surface area contributed by atoms with E-state index in [-0.39, 0.29) is 6.03 Å². The Morgan fingerprint density at radius 2 is 1.90 bits per heavy atom. The number of amides is 2. The molecule has 0 bridgehead atoms. The maximum absolute atomic E-state index is 12.7. The average molecular weight is 439 g/mol. The molecule has 1 aliphatic rings. The number of carbonyl (C=O) groups is 1. The van der Waals surface area contributed by atoms with Crippen molar-refractivity contribution < 1.29 is 14.3 Å². The van der Waals surface area contributed by atoms with Crippen LogP contribution in [0.25, 0.3) is 0 Å². The SMILES string of the molecule is COc1ccc(CN2CCN(C(=O)Nc3cccc(OCc4cscn4)c3)CC2)cc1. The van der Waals surface area contributed by atoms with Gasteiger partial charge in [-0.2, -0.15) is 0 Å². The van der Waals surface area contributed by atoms with E-state index >= 15 is 0 Å². The van der Waals surface area contributed by atoms with E-state index in [2.05, 4.69) is 27.3 Å². The fourth-order valence-corrected chi connectivity index (χ4v) is 3.97. The lowest BCUT2D eigenvalue weighted by atomic mass is 10.2. The highest BCUT2D eigenvalue weighted by Gasteiger charge is 2.21. The minimum absolute atomic E-state index is 0.0826. The van der Waals surface area contributed by atoms with Gasteiger partial charge in [0.15, 0.2) is 0 Å².